The zero-order valence-electron chi connectivity index (χ0n) is 33.3. The number of ether oxygens (including phenoxy) is 2. The molecule has 5 heteroatoms. The first kappa shape index (κ1) is 35.7. The molecule has 8 aromatic carbocycles. The van der Waals surface area contributed by atoms with Crippen LogP contribution in [-0.4, -0.2) is 7.28 Å². The van der Waals surface area contributed by atoms with E-state index in [1.165, 1.54) is 38.6 Å². The van der Waals surface area contributed by atoms with Crippen LogP contribution in [0.4, 0.5) is 28.4 Å². The number of para-hydroxylation sites is 2. The van der Waals surface area contributed by atoms with Gasteiger partial charge in [-0.2, -0.15) is 0 Å². The van der Waals surface area contributed by atoms with Gasteiger partial charge in [-0.25, -0.2) is 0 Å². The number of benzene rings is 8. The smallest absolute Gasteiger partial charge is 0.198 e. The fraction of sp³-hybridized carbons (Fsp3) is 0.132. The van der Waals surface area contributed by atoms with E-state index in [0.717, 1.165) is 74.8 Å². The molecule has 281 valence electrons. The minimum Gasteiger partial charge on any atom is -0.450 e. The van der Waals surface area contributed by atoms with Crippen molar-refractivity contribution < 1.29 is 9.47 Å². The molecule has 0 spiro atoms. The molecule has 58 heavy (non-hydrogen) atoms. The lowest BCUT2D eigenvalue weighted by Crippen LogP contribution is -2.41. The van der Waals surface area contributed by atoms with Gasteiger partial charge >= 0.3 is 0 Å². The molecule has 1 radical (unpaired) electrons. The lowest BCUT2D eigenvalue weighted by Gasteiger charge is -2.37. The summed E-state index contributed by atoms with van der Waals surface area (Å²) in [6, 6.07) is 56.4. The highest BCUT2D eigenvalue weighted by Crippen LogP contribution is 2.49. The monoisotopic (exact) mass is 751 g/mol. The molecule has 0 saturated carbocycles. The Morgan fingerprint density at radius 2 is 1.26 bits per heavy atom. The minimum atomic E-state index is 0.492. The Morgan fingerprint density at radius 3 is 1.98 bits per heavy atom. The van der Waals surface area contributed by atoms with Crippen LogP contribution in [0.2, 0.25) is 0 Å². The second-order valence-corrected chi connectivity index (χ2v) is 15.8. The van der Waals surface area contributed by atoms with Crippen molar-refractivity contribution in [2.24, 2.45) is 0 Å². The van der Waals surface area contributed by atoms with E-state index in [1.54, 1.807) is 0 Å². The van der Waals surface area contributed by atoms with Crippen LogP contribution < -0.4 is 30.6 Å². The van der Waals surface area contributed by atoms with Gasteiger partial charge in [0, 0.05) is 40.1 Å². The number of nitrogens with one attached hydrogen (secondary N) is 1. The van der Waals surface area contributed by atoms with Crippen LogP contribution in [0.3, 0.4) is 0 Å². The van der Waals surface area contributed by atoms with Crippen molar-refractivity contribution in [2.75, 3.05) is 10.2 Å². The molecule has 0 aromatic heterocycles. The molecule has 0 fully saturated rings. The van der Waals surface area contributed by atoms with E-state index in [4.69, 9.17) is 9.47 Å². The number of nitrogens with zero attached hydrogens (tertiary/aromatic N) is 1. The summed E-state index contributed by atoms with van der Waals surface area (Å²) in [5.74, 6) is 3.34. The van der Waals surface area contributed by atoms with Crippen molar-refractivity contribution in [1.82, 2.24) is 0 Å². The van der Waals surface area contributed by atoms with Gasteiger partial charge in [0.1, 0.15) is 0 Å². The average Bonchev–Trinajstić information content (AvgIpc) is 3.24. The molecule has 2 aliphatic rings. The molecule has 10 rings (SSSR count). The second kappa shape index (κ2) is 14.7. The van der Waals surface area contributed by atoms with E-state index in [2.05, 4.69) is 179 Å². The molecular weight excluding hydrogens is 707 g/mol. The van der Waals surface area contributed by atoms with Crippen LogP contribution in [0.1, 0.15) is 49.3 Å². The van der Waals surface area contributed by atoms with Gasteiger partial charge in [-0.05, 0) is 130 Å². The standard InChI is InChI=1S/C53H44BN2O2/c1-5-13-34(3)38-22-25-46(35(4)28-38)56-47-32-52-51(57-49-18-11-12-19-50(49)58-52)31-44(47)54-53-43(26-33(2)27-48(53)56)42-29-39-16-9-10-17-40(39)30-45(42)55-41-23-20-37(21-24-41)36-14-7-6-8-15-36/h6-12,14-32,34,55H,5,13H2,1-4H3/t34-/m0/s1. The zero-order chi connectivity index (χ0) is 39.3. The Labute approximate surface area is 342 Å². The molecule has 0 saturated heterocycles. The van der Waals surface area contributed by atoms with Crippen molar-refractivity contribution in [3.05, 3.63) is 174 Å². The normalized spacial score (nSPS) is 12.9. The summed E-state index contributed by atoms with van der Waals surface area (Å²) in [6.07, 6.45) is 2.32. The highest BCUT2D eigenvalue weighted by Gasteiger charge is 2.32. The minimum absolute atomic E-state index is 0.492. The van der Waals surface area contributed by atoms with Crippen molar-refractivity contribution in [1.29, 1.82) is 0 Å². The third-order valence-corrected chi connectivity index (χ3v) is 11.7. The average molecular weight is 752 g/mol. The Morgan fingerprint density at radius 1 is 0.586 bits per heavy atom. The summed E-state index contributed by atoms with van der Waals surface area (Å²) < 4.78 is 13.0. The summed E-state index contributed by atoms with van der Waals surface area (Å²) >= 11 is 0. The fourth-order valence-corrected chi connectivity index (χ4v) is 8.71. The molecule has 2 heterocycles. The van der Waals surface area contributed by atoms with E-state index in [9.17, 15) is 0 Å². The third-order valence-electron chi connectivity index (χ3n) is 11.7. The number of hydrogen-bond acceptors (Lipinski definition) is 4. The molecule has 0 bridgehead atoms. The highest BCUT2D eigenvalue weighted by molar-refractivity contribution is 6.73. The largest absolute Gasteiger partial charge is 0.450 e. The molecular formula is C53H44BN2O2. The van der Waals surface area contributed by atoms with Gasteiger partial charge in [0.2, 0.25) is 0 Å². The highest BCUT2D eigenvalue weighted by atomic mass is 16.6. The lowest BCUT2D eigenvalue weighted by atomic mass is 9.58. The Kier molecular flexibility index (Phi) is 9.02. The van der Waals surface area contributed by atoms with E-state index < -0.39 is 0 Å². The first-order valence-electron chi connectivity index (χ1n) is 20.4. The summed E-state index contributed by atoms with van der Waals surface area (Å²) in [4.78, 5) is 2.44. The van der Waals surface area contributed by atoms with Crippen molar-refractivity contribution in [2.45, 2.75) is 46.5 Å². The van der Waals surface area contributed by atoms with Crippen molar-refractivity contribution in [3.63, 3.8) is 0 Å². The van der Waals surface area contributed by atoms with Crippen LogP contribution in [-0.2, 0) is 0 Å². The van der Waals surface area contributed by atoms with Crippen LogP contribution >= 0.6 is 0 Å². The van der Waals surface area contributed by atoms with Crippen molar-refractivity contribution >= 4 is 57.4 Å². The summed E-state index contributed by atoms with van der Waals surface area (Å²) in [6.45, 7) is 9.05. The molecule has 8 aromatic rings. The van der Waals surface area contributed by atoms with Gasteiger partial charge in [-0.15, -0.1) is 0 Å². The predicted molar refractivity (Wildman–Crippen MR) is 244 cm³/mol. The molecule has 1 atom stereocenters. The van der Waals surface area contributed by atoms with Gasteiger partial charge in [0.15, 0.2) is 30.3 Å². The van der Waals surface area contributed by atoms with Gasteiger partial charge < -0.3 is 19.7 Å². The van der Waals surface area contributed by atoms with E-state index in [1.807, 2.05) is 24.3 Å². The van der Waals surface area contributed by atoms with Crippen LogP contribution in [0.25, 0.3) is 33.0 Å². The number of rotatable bonds is 8. The molecule has 0 unspecified atom stereocenters. The topological polar surface area (TPSA) is 33.7 Å². The summed E-state index contributed by atoms with van der Waals surface area (Å²) in [5.41, 5.74) is 16.1. The first-order chi connectivity index (χ1) is 28.4. The van der Waals surface area contributed by atoms with Gasteiger partial charge in [-0.3, -0.25) is 0 Å². The molecule has 0 aliphatic carbocycles. The maximum atomic E-state index is 6.51. The van der Waals surface area contributed by atoms with Crippen LogP contribution in [0.5, 0.6) is 23.0 Å². The van der Waals surface area contributed by atoms with Crippen LogP contribution in [0.15, 0.2) is 158 Å². The molecule has 4 nitrogen and oxygen atoms in total. The van der Waals surface area contributed by atoms with Crippen LogP contribution in [0, 0.1) is 13.8 Å². The Balaban J connectivity index is 1.14. The van der Waals surface area contributed by atoms with Gasteiger partial charge in [0.05, 0.1) is 0 Å². The maximum Gasteiger partial charge on any atom is 0.198 e. The van der Waals surface area contributed by atoms with Crippen molar-refractivity contribution in [3.8, 4) is 45.3 Å². The Hall–Kier alpha value is -6.72. The fourth-order valence-electron chi connectivity index (χ4n) is 8.71. The quantitative estimate of drug-likeness (QED) is 0.157. The van der Waals surface area contributed by atoms with E-state index >= 15 is 0 Å². The summed E-state index contributed by atoms with van der Waals surface area (Å²) in [7, 11) is 2.33. The molecule has 2 aliphatic heterocycles. The van der Waals surface area contributed by atoms with Gasteiger partial charge in [0.25, 0.3) is 0 Å². The SMILES string of the molecule is CCC[C@H](C)c1ccc(N2c3cc4c(cc3[B]c3c(-c5cc6ccccc6cc5Nc5ccc(-c6ccccc6)cc5)cc(C)cc32)Oc2ccccc2O4)c(C)c1. The van der Waals surface area contributed by atoms with E-state index in [0.29, 0.717) is 17.4 Å². The number of fused-ring (bicyclic) bond motifs is 5. The summed E-state index contributed by atoms with van der Waals surface area (Å²) in [5, 5.41) is 6.23. The number of hydrogen-bond donors (Lipinski definition) is 1. The van der Waals surface area contributed by atoms with E-state index in [-0.39, 0.29) is 0 Å². The van der Waals surface area contributed by atoms with Gasteiger partial charge in [-0.1, -0.05) is 123 Å². The maximum absolute atomic E-state index is 6.51. The Bertz CT molecular complexity index is 2850. The lowest BCUT2D eigenvalue weighted by molar-refractivity contribution is 0.360. The first-order valence-corrected chi connectivity index (χ1v) is 20.4. The molecule has 0 amide bonds. The second-order valence-electron chi connectivity index (χ2n) is 15.8. The number of anilines is 5. The third kappa shape index (κ3) is 6.47. The molecule has 1 N–H and O–H groups in total. The zero-order valence-corrected chi connectivity index (χ0v) is 33.3. The predicted octanol–water partition coefficient (Wildman–Crippen LogP) is 13.8. The number of aryl methyl sites for hydroxylation is 2.